The Morgan fingerprint density at radius 3 is 2.60 bits per heavy atom. The maximum atomic E-state index is 12.3. The van der Waals surface area contributed by atoms with Gasteiger partial charge in [-0.05, 0) is 43.7 Å². The molecule has 106 valence electrons. The third-order valence-corrected chi connectivity index (χ3v) is 3.54. The van der Waals surface area contributed by atoms with Crippen LogP contribution in [-0.2, 0) is 0 Å². The highest BCUT2D eigenvalue weighted by Gasteiger charge is 2.18. The number of nitrogens with zero attached hydrogens (tertiary/aromatic N) is 3. The van der Waals surface area contributed by atoms with Gasteiger partial charge in [-0.3, -0.25) is 4.79 Å². The van der Waals surface area contributed by atoms with Crippen LogP contribution in [0, 0.1) is 0 Å². The Kier molecular flexibility index (Phi) is 4.08. The third kappa shape index (κ3) is 2.82. The summed E-state index contributed by atoms with van der Waals surface area (Å²) in [5, 5.41) is 4.33. The molecular formula is C15H20N4O. The smallest absolute Gasteiger partial charge is 0.274 e. The van der Waals surface area contributed by atoms with Crippen LogP contribution in [-0.4, -0.2) is 33.7 Å². The lowest BCUT2D eigenvalue weighted by Gasteiger charge is -2.22. The van der Waals surface area contributed by atoms with Gasteiger partial charge in [0.1, 0.15) is 0 Å². The van der Waals surface area contributed by atoms with E-state index in [4.69, 9.17) is 5.73 Å². The molecule has 2 rings (SSSR count). The van der Waals surface area contributed by atoms with E-state index in [0.717, 1.165) is 12.1 Å². The number of rotatable bonds is 4. The second kappa shape index (κ2) is 5.77. The summed E-state index contributed by atoms with van der Waals surface area (Å²) in [5.74, 6) is -0.0615. The van der Waals surface area contributed by atoms with Crippen molar-refractivity contribution in [1.29, 1.82) is 0 Å². The molecule has 0 bridgehead atoms. The second-order valence-corrected chi connectivity index (χ2v) is 4.91. The Hall–Kier alpha value is -2.30. The number of carbonyl (C=O) groups excluding carboxylic acids is 1. The van der Waals surface area contributed by atoms with E-state index in [9.17, 15) is 4.79 Å². The van der Waals surface area contributed by atoms with Crippen molar-refractivity contribution in [3.63, 3.8) is 0 Å². The van der Waals surface area contributed by atoms with Crippen molar-refractivity contribution >= 4 is 11.6 Å². The molecule has 0 aliphatic heterocycles. The second-order valence-electron chi connectivity index (χ2n) is 4.91. The summed E-state index contributed by atoms with van der Waals surface area (Å²) in [4.78, 5) is 14.0. The first-order valence-corrected chi connectivity index (χ1v) is 6.71. The normalized spacial score (nSPS) is 12.2. The highest BCUT2D eigenvalue weighted by molar-refractivity contribution is 5.92. The summed E-state index contributed by atoms with van der Waals surface area (Å²) in [6.07, 6.45) is 2.70. The molecule has 0 aliphatic carbocycles. The van der Waals surface area contributed by atoms with Crippen molar-refractivity contribution in [3.05, 3.63) is 42.2 Å². The van der Waals surface area contributed by atoms with Gasteiger partial charge in [-0.15, -0.1) is 0 Å². The van der Waals surface area contributed by atoms with Crippen molar-refractivity contribution in [1.82, 2.24) is 14.7 Å². The summed E-state index contributed by atoms with van der Waals surface area (Å²) >= 11 is 0. The summed E-state index contributed by atoms with van der Waals surface area (Å²) in [6.45, 7) is 4.08. The van der Waals surface area contributed by atoms with Gasteiger partial charge in [-0.25, -0.2) is 4.68 Å². The first-order valence-electron chi connectivity index (χ1n) is 6.71. The molecule has 5 heteroatoms. The fourth-order valence-electron chi connectivity index (χ4n) is 1.86. The largest absolute Gasteiger partial charge is 0.399 e. The number of nitrogens with two attached hydrogens (primary N) is 1. The monoisotopic (exact) mass is 272 g/mol. The van der Waals surface area contributed by atoms with E-state index in [1.807, 2.05) is 31.2 Å². The molecule has 0 radical (unpaired) electrons. The first-order chi connectivity index (χ1) is 9.52. The van der Waals surface area contributed by atoms with Gasteiger partial charge in [0.25, 0.3) is 5.91 Å². The lowest BCUT2D eigenvalue weighted by atomic mass is 10.2. The van der Waals surface area contributed by atoms with E-state index in [1.165, 1.54) is 0 Å². The number of nitrogen functional groups attached to an aromatic ring is 1. The zero-order valence-electron chi connectivity index (χ0n) is 12.1. The van der Waals surface area contributed by atoms with Gasteiger partial charge in [0.05, 0.1) is 5.69 Å². The van der Waals surface area contributed by atoms with E-state index < -0.39 is 0 Å². The fourth-order valence-corrected chi connectivity index (χ4v) is 1.86. The molecule has 1 heterocycles. The maximum Gasteiger partial charge on any atom is 0.274 e. The van der Waals surface area contributed by atoms with E-state index >= 15 is 0 Å². The van der Waals surface area contributed by atoms with E-state index in [-0.39, 0.29) is 11.9 Å². The Morgan fingerprint density at radius 1 is 1.35 bits per heavy atom. The summed E-state index contributed by atoms with van der Waals surface area (Å²) < 4.78 is 1.68. The predicted molar refractivity (Wildman–Crippen MR) is 79.8 cm³/mol. The zero-order valence-corrected chi connectivity index (χ0v) is 12.1. The number of hydrogen-bond acceptors (Lipinski definition) is 3. The molecule has 0 saturated heterocycles. The molecule has 20 heavy (non-hydrogen) atoms. The molecule has 1 amide bonds. The average Bonchev–Trinajstić information content (AvgIpc) is 2.95. The molecule has 1 aromatic carbocycles. The Labute approximate surface area is 119 Å². The van der Waals surface area contributed by atoms with Crippen LogP contribution < -0.4 is 5.73 Å². The quantitative estimate of drug-likeness (QED) is 0.869. The number of amides is 1. The number of carbonyl (C=O) groups is 1. The minimum atomic E-state index is -0.0615. The molecule has 1 aromatic heterocycles. The number of hydrogen-bond donors (Lipinski definition) is 1. The molecule has 0 saturated carbocycles. The Balaban J connectivity index is 2.20. The van der Waals surface area contributed by atoms with Crippen molar-refractivity contribution < 1.29 is 4.79 Å². The summed E-state index contributed by atoms with van der Waals surface area (Å²) in [5.41, 5.74) is 7.69. The topological polar surface area (TPSA) is 64.2 Å². The van der Waals surface area contributed by atoms with Gasteiger partial charge in [-0.1, -0.05) is 6.92 Å². The first kappa shape index (κ1) is 14.1. The lowest BCUT2D eigenvalue weighted by molar-refractivity contribution is 0.0734. The lowest BCUT2D eigenvalue weighted by Crippen LogP contribution is -2.34. The Bertz CT molecular complexity index is 588. The summed E-state index contributed by atoms with van der Waals surface area (Å²) in [7, 11) is 1.80. The van der Waals surface area contributed by atoms with Crippen LogP contribution >= 0.6 is 0 Å². The highest BCUT2D eigenvalue weighted by Crippen LogP contribution is 2.12. The third-order valence-electron chi connectivity index (χ3n) is 3.54. The predicted octanol–water partition coefficient (Wildman–Crippen LogP) is 2.33. The van der Waals surface area contributed by atoms with Crippen LogP contribution in [0.4, 0.5) is 5.69 Å². The molecule has 5 nitrogen and oxygen atoms in total. The summed E-state index contributed by atoms with van der Waals surface area (Å²) in [6, 6.07) is 9.29. The zero-order chi connectivity index (χ0) is 14.7. The SMILES string of the molecule is CCC(C)N(C)C(=O)c1ccn(-c2ccc(N)cc2)n1. The van der Waals surface area contributed by atoms with Crippen LogP contribution in [0.25, 0.3) is 5.69 Å². The molecule has 0 fully saturated rings. The highest BCUT2D eigenvalue weighted by atomic mass is 16.2. The van der Waals surface area contributed by atoms with E-state index in [2.05, 4.69) is 12.0 Å². The molecule has 0 aliphatic rings. The van der Waals surface area contributed by atoms with Gasteiger partial charge in [0.2, 0.25) is 0 Å². The van der Waals surface area contributed by atoms with E-state index in [0.29, 0.717) is 11.4 Å². The van der Waals surface area contributed by atoms with Crippen molar-refractivity contribution in [2.75, 3.05) is 12.8 Å². The fraction of sp³-hybridized carbons (Fsp3) is 0.333. The van der Waals surface area contributed by atoms with Gasteiger partial charge < -0.3 is 10.6 Å². The number of aromatic nitrogens is 2. The van der Waals surface area contributed by atoms with Gasteiger partial charge in [0.15, 0.2) is 5.69 Å². The van der Waals surface area contributed by atoms with Crippen LogP contribution in [0.1, 0.15) is 30.8 Å². The maximum absolute atomic E-state index is 12.3. The Morgan fingerprint density at radius 2 is 2.00 bits per heavy atom. The standard InChI is InChI=1S/C15H20N4O/c1-4-11(2)18(3)15(20)14-9-10-19(17-14)13-7-5-12(16)6-8-13/h5-11H,4,16H2,1-3H3. The minimum absolute atomic E-state index is 0.0615. The van der Waals surface area contributed by atoms with Gasteiger partial charge in [0, 0.05) is 25.0 Å². The van der Waals surface area contributed by atoms with Crippen molar-refractivity contribution in [2.24, 2.45) is 0 Å². The van der Waals surface area contributed by atoms with Gasteiger partial charge in [-0.2, -0.15) is 5.10 Å². The van der Waals surface area contributed by atoms with Crippen molar-refractivity contribution in [3.8, 4) is 5.69 Å². The number of benzene rings is 1. The van der Waals surface area contributed by atoms with Crippen LogP contribution in [0.3, 0.4) is 0 Å². The van der Waals surface area contributed by atoms with Crippen LogP contribution in [0.5, 0.6) is 0 Å². The number of anilines is 1. The molecule has 1 unspecified atom stereocenters. The molecule has 2 aromatic rings. The molecule has 0 spiro atoms. The van der Waals surface area contributed by atoms with Crippen LogP contribution in [0.15, 0.2) is 36.5 Å². The molecule has 1 atom stereocenters. The molecule has 2 N–H and O–H groups in total. The van der Waals surface area contributed by atoms with Crippen molar-refractivity contribution in [2.45, 2.75) is 26.3 Å². The van der Waals surface area contributed by atoms with Gasteiger partial charge >= 0.3 is 0 Å². The minimum Gasteiger partial charge on any atom is -0.399 e. The van der Waals surface area contributed by atoms with Crippen LogP contribution in [0.2, 0.25) is 0 Å². The average molecular weight is 272 g/mol. The molecular weight excluding hydrogens is 252 g/mol. The van der Waals surface area contributed by atoms with E-state index in [1.54, 1.807) is 28.9 Å².